The van der Waals surface area contributed by atoms with E-state index in [1.807, 2.05) is 73.7 Å². The SMILES string of the molecule is Cc1c(Cl)ccc2sc(N(Cc3ccco3)C(=O)c3ccc(-c4ccccc4)cc3)nc12. The van der Waals surface area contributed by atoms with Crippen molar-refractivity contribution in [1.29, 1.82) is 0 Å². The van der Waals surface area contributed by atoms with Crippen molar-refractivity contribution in [2.24, 2.45) is 0 Å². The zero-order valence-electron chi connectivity index (χ0n) is 17.3. The van der Waals surface area contributed by atoms with Gasteiger partial charge in [0.25, 0.3) is 5.91 Å². The first-order valence-electron chi connectivity index (χ1n) is 10.2. The van der Waals surface area contributed by atoms with Crippen LogP contribution in [-0.2, 0) is 6.54 Å². The lowest BCUT2D eigenvalue weighted by atomic mass is 10.0. The number of rotatable bonds is 5. The van der Waals surface area contributed by atoms with Gasteiger partial charge in [0.1, 0.15) is 5.76 Å². The topological polar surface area (TPSA) is 46.3 Å². The van der Waals surface area contributed by atoms with Crippen molar-refractivity contribution in [2.75, 3.05) is 4.90 Å². The van der Waals surface area contributed by atoms with E-state index in [9.17, 15) is 4.79 Å². The highest BCUT2D eigenvalue weighted by atomic mass is 35.5. The van der Waals surface area contributed by atoms with Gasteiger partial charge < -0.3 is 4.42 Å². The number of anilines is 1. The van der Waals surface area contributed by atoms with Crippen molar-refractivity contribution in [1.82, 2.24) is 4.98 Å². The largest absolute Gasteiger partial charge is 0.467 e. The molecule has 0 saturated carbocycles. The third kappa shape index (κ3) is 3.93. The van der Waals surface area contributed by atoms with E-state index in [1.54, 1.807) is 11.2 Å². The lowest BCUT2D eigenvalue weighted by Crippen LogP contribution is -2.30. The summed E-state index contributed by atoms with van der Waals surface area (Å²) in [6.07, 6.45) is 1.61. The smallest absolute Gasteiger partial charge is 0.260 e. The Morgan fingerprint density at radius 1 is 0.969 bits per heavy atom. The van der Waals surface area contributed by atoms with Gasteiger partial charge in [0.2, 0.25) is 0 Å². The average Bonchev–Trinajstić information content (AvgIpc) is 3.50. The van der Waals surface area contributed by atoms with Crippen molar-refractivity contribution in [3.63, 3.8) is 0 Å². The van der Waals surface area contributed by atoms with E-state index in [0.29, 0.717) is 28.0 Å². The number of aromatic nitrogens is 1. The molecule has 0 N–H and O–H groups in total. The van der Waals surface area contributed by atoms with Gasteiger partial charge in [-0.1, -0.05) is 65.4 Å². The summed E-state index contributed by atoms with van der Waals surface area (Å²) in [5, 5.41) is 1.27. The maximum absolute atomic E-state index is 13.6. The maximum atomic E-state index is 13.6. The number of benzene rings is 3. The van der Waals surface area contributed by atoms with Gasteiger partial charge in [-0.25, -0.2) is 4.98 Å². The highest BCUT2D eigenvalue weighted by Gasteiger charge is 2.23. The highest BCUT2D eigenvalue weighted by Crippen LogP contribution is 2.35. The molecule has 4 nitrogen and oxygen atoms in total. The molecule has 0 bridgehead atoms. The molecule has 0 aliphatic carbocycles. The molecule has 32 heavy (non-hydrogen) atoms. The molecule has 0 radical (unpaired) electrons. The maximum Gasteiger partial charge on any atom is 0.260 e. The van der Waals surface area contributed by atoms with Crippen LogP contribution in [0.2, 0.25) is 5.02 Å². The van der Waals surface area contributed by atoms with Crippen molar-refractivity contribution in [3.05, 3.63) is 107 Å². The highest BCUT2D eigenvalue weighted by molar-refractivity contribution is 7.22. The molecule has 5 rings (SSSR count). The van der Waals surface area contributed by atoms with Crippen LogP contribution < -0.4 is 4.90 Å². The van der Waals surface area contributed by atoms with Crippen LogP contribution in [0.25, 0.3) is 21.3 Å². The number of hydrogen-bond acceptors (Lipinski definition) is 4. The number of halogens is 1. The first-order chi connectivity index (χ1) is 15.6. The van der Waals surface area contributed by atoms with Gasteiger partial charge in [-0.05, 0) is 60.0 Å². The molecule has 0 aliphatic heterocycles. The molecule has 1 amide bonds. The monoisotopic (exact) mass is 458 g/mol. The summed E-state index contributed by atoms with van der Waals surface area (Å²) in [5.74, 6) is 0.553. The summed E-state index contributed by atoms with van der Waals surface area (Å²) in [6.45, 7) is 2.23. The van der Waals surface area contributed by atoms with Crippen LogP contribution in [0.4, 0.5) is 5.13 Å². The zero-order chi connectivity index (χ0) is 22.1. The number of nitrogens with zero attached hydrogens (tertiary/aromatic N) is 2. The van der Waals surface area contributed by atoms with Crippen LogP contribution in [-0.4, -0.2) is 10.9 Å². The van der Waals surface area contributed by atoms with Gasteiger partial charge in [-0.3, -0.25) is 9.69 Å². The molecule has 158 valence electrons. The molecule has 0 fully saturated rings. The minimum absolute atomic E-state index is 0.135. The first kappa shape index (κ1) is 20.5. The third-order valence-corrected chi connectivity index (χ3v) is 6.80. The number of furan rings is 1. The van der Waals surface area contributed by atoms with E-state index in [-0.39, 0.29) is 5.91 Å². The molecule has 2 heterocycles. The summed E-state index contributed by atoms with van der Waals surface area (Å²) in [6, 6.07) is 25.2. The van der Waals surface area contributed by atoms with Crippen LogP contribution in [0.1, 0.15) is 21.7 Å². The summed E-state index contributed by atoms with van der Waals surface area (Å²) < 4.78 is 6.51. The lowest BCUT2D eigenvalue weighted by molar-refractivity contribution is 0.0983. The van der Waals surface area contributed by atoms with Crippen LogP contribution in [0, 0.1) is 6.92 Å². The minimum atomic E-state index is -0.135. The molecular formula is C26H19ClN2O2S. The van der Waals surface area contributed by atoms with Crippen molar-refractivity contribution < 1.29 is 9.21 Å². The lowest BCUT2D eigenvalue weighted by Gasteiger charge is -2.19. The Hall–Kier alpha value is -3.41. The molecule has 0 unspecified atom stereocenters. The minimum Gasteiger partial charge on any atom is -0.467 e. The summed E-state index contributed by atoms with van der Waals surface area (Å²) in [7, 11) is 0. The number of carbonyl (C=O) groups is 1. The van der Waals surface area contributed by atoms with E-state index < -0.39 is 0 Å². The van der Waals surface area contributed by atoms with E-state index in [1.165, 1.54) is 11.3 Å². The number of amides is 1. The average molecular weight is 459 g/mol. The normalized spacial score (nSPS) is 11.1. The van der Waals surface area contributed by atoms with Crippen LogP contribution in [0.3, 0.4) is 0 Å². The van der Waals surface area contributed by atoms with Gasteiger partial charge in [-0.15, -0.1) is 0 Å². The number of thiazole rings is 1. The van der Waals surface area contributed by atoms with Crippen LogP contribution in [0.5, 0.6) is 0 Å². The third-order valence-electron chi connectivity index (χ3n) is 5.35. The molecular weight excluding hydrogens is 440 g/mol. The second-order valence-electron chi connectivity index (χ2n) is 7.43. The van der Waals surface area contributed by atoms with Gasteiger partial charge in [0.15, 0.2) is 5.13 Å². The Balaban J connectivity index is 1.52. The van der Waals surface area contributed by atoms with Crippen LogP contribution >= 0.6 is 22.9 Å². The van der Waals surface area contributed by atoms with Crippen LogP contribution in [0.15, 0.2) is 89.5 Å². The molecule has 0 aliphatic rings. The second-order valence-corrected chi connectivity index (χ2v) is 8.85. The standard InChI is InChI=1S/C26H19ClN2O2S/c1-17-22(27)13-14-23-24(17)28-26(32-23)29(16-21-8-5-15-31-21)25(30)20-11-9-19(10-12-20)18-6-3-2-4-7-18/h2-15H,16H2,1H3. The molecule has 2 aromatic heterocycles. The number of aryl methyl sites for hydroxylation is 1. The van der Waals surface area contributed by atoms with Crippen molar-refractivity contribution in [3.8, 4) is 11.1 Å². The van der Waals surface area contributed by atoms with Crippen molar-refractivity contribution >= 4 is 44.2 Å². The van der Waals surface area contributed by atoms with Gasteiger partial charge in [0, 0.05) is 10.6 Å². The van der Waals surface area contributed by atoms with Gasteiger partial charge in [-0.2, -0.15) is 0 Å². The first-order valence-corrected chi connectivity index (χ1v) is 11.3. The number of hydrogen-bond donors (Lipinski definition) is 0. The number of fused-ring (bicyclic) bond motifs is 1. The van der Waals surface area contributed by atoms with E-state index in [2.05, 4.69) is 12.1 Å². The van der Waals surface area contributed by atoms with E-state index >= 15 is 0 Å². The van der Waals surface area contributed by atoms with Gasteiger partial charge in [0.05, 0.1) is 23.0 Å². The summed E-state index contributed by atoms with van der Waals surface area (Å²) >= 11 is 7.75. The fourth-order valence-electron chi connectivity index (χ4n) is 3.58. The molecule has 0 saturated heterocycles. The van der Waals surface area contributed by atoms with E-state index in [0.717, 1.165) is 26.9 Å². The predicted molar refractivity (Wildman–Crippen MR) is 130 cm³/mol. The fourth-order valence-corrected chi connectivity index (χ4v) is 4.76. The Labute approximate surface area is 194 Å². The molecule has 6 heteroatoms. The second kappa shape index (κ2) is 8.61. The molecule has 5 aromatic rings. The Kier molecular flexibility index (Phi) is 5.52. The van der Waals surface area contributed by atoms with E-state index in [4.69, 9.17) is 21.0 Å². The molecule has 0 spiro atoms. The zero-order valence-corrected chi connectivity index (χ0v) is 18.9. The Morgan fingerprint density at radius 2 is 1.72 bits per heavy atom. The van der Waals surface area contributed by atoms with Crippen molar-refractivity contribution in [2.45, 2.75) is 13.5 Å². The van der Waals surface area contributed by atoms with Gasteiger partial charge >= 0.3 is 0 Å². The number of carbonyl (C=O) groups excluding carboxylic acids is 1. The molecule has 0 atom stereocenters. The quantitative estimate of drug-likeness (QED) is 0.276. The predicted octanol–water partition coefficient (Wildman–Crippen LogP) is 7.37. The Bertz CT molecular complexity index is 1380. The Morgan fingerprint density at radius 3 is 2.44 bits per heavy atom. The summed E-state index contributed by atoms with van der Waals surface area (Å²) in [4.78, 5) is 20.0. The fraction of sp³-hybridized carbons (Fsp3) is 0.0769. The molecule has 3 aromatic carbocycles. The summed E-state index contributed by atoms with van der Waals surface area (Å²) in [5.41, 5.74) is 4.48.